The van der Waals surface area contributed by atoms with Gasteiger partial charge in [-0.1, -0.05) is 0 Å². The number of fused-ring (bicyclic) bond motifs is 2. The summed E-state index contributed by atoms with van der Waals surface area (Å²) in [6, 6.07) is 4.28. The summed E-state index contributed by atoms with van der Waals surface area (Å²) in [5.74, 6) is 1.93. The van der Waals surface area contributed by atoms with Gasteiger partial charge in [-0.2, -0.15) is 19.6 Å². The van der Waals surface area contributed by atoms with Crippen LogP contribution in [0.2, 0.25) is 0 Å². The van der Waals surface area contributed by atoms with Gasteiger partial charge in [0.15, 0.2) is 5.65 Å². The molecule has 0 bridgehead atoms. The third-order valence-corrected chi connectivity index (χ3v) is 4.61. The second-order valence-corrected chi connectivity index (χ2v) is 6.32. The first-order valence-electron chi connectivity index (χ1n) is 8.33. The van der Waals surface area contributed by atoms with Crippen molar-refractivity contribution in [2.75, 3.05) is 17.7 Å². The normalized spacial score (nSPS) is 11.4. The van der Waals surface area contributed by atoms with Crippen molar-refractivity contribution in [3.8, 4) is 0 Å². The minimum Gasteiger partial charge on any atom is -0.357 e. The molecule has 3 heterocycles. The van der Waals surface area contributed by atoms with E-state index >= 15 is 0 Å². The van der Waals surface area contributed by atoms with E-state index in [4.69, 9.17) is 12.8 Å². The molecule has 130 valence electrons. The lowest BCUT2D eigenvalue weighted by Gasteiger charge is -2.09. The van der Waals surface area contributed by atoms with E-state index in [1.165, 1.54) is 11.1 Å². The average molecular weight is 346 g/mol. The maximum atomic E-state index is 5.93. The largest absolute Gasteiger partial charge is 0.357 e. The number of aryl methyl sites for hydroxylation is 3. The molecule has 0 amide bonds. The Morgan fingerprint density at radius 1 is 1.12 bits per heavy atom. The van der Waals surface area contributed by atoms with Crippen molar-refractivity contribution in [2.24, 2.45) is 7.05 Å². The second-order valence-electron chi connectivity index (χ2n) is 6.32. The zero-order chi connectivity index (χ0) is 18.4. The highest BCUT2D eigenvalue weighted by atomic mass is 15.4. The van der Waals surface area contributed by atoms with Crippen LogP contribution >= 0.6 is 0 Å². The fourth-order valence-electron chi connectivity index (χ4n) is 2.93. The van der Waals surface area contributed by atoms with Crippen molar-refractivity contribution in [1.82, 2.24) is 29.1 Å². The zero-order valence-corrected chi connectivity index (χ0v) is 15.2. The lowest BCUT2D eigenvalue weighted by molar-refractivity contribution is 0.813. The minimum atomic E-state index is 0.475. The highest BCUT2D eigenvalue weighted by molar-refractivity contribution is 6.36. The molecular formula is C17H19BN8. The van der Waals surface area contributed by atoms with Gasteiger partial charge in [-0.05, 0) is 42.6 Å². The van der Waals surface area contributed by atoms with Crippen LogP contribution in [0.5, 0.6) is 0 Å². The lowest BCUT2D eigenvalue weighted by Crippen LogP contribution is -2.14. The first-order valence-corrected chi connectivity index (χ1v) is 8.33. The Morgan fingerprint density at radius 3 is 2.65 bits per heavy atom. The second kappa shape index (κ2) is 6.01. The predicted octanol–water partition coefficient (Wildman–Crippen LogP) is 1.08. The smallest absolute Gasteiger partial charge is 0.229 e. The molecule has 0 aliphatic heterocycles. The fourth-order valence-corrected chi connectivity index (χ4v) is 2.93. The quantitative estimate of drug-likeness (QED) is 0.538. The topological polar surface area (TPSA) is 85.0 Å². The van der Waals surface area contributed by atoms with Gasteiger partial charge in [0.25, 0.3) is 0 Å². The van der Waals surface area contributed by atoms with Crippen molar-refractivity contribution in [3.63, 3.8) is 0 Å². The molecular weight excluding hydrogens is 327 g/mol. The molecule has 0 fully saturated rings. The monoisotopic (exact) mass is 346 g/mol. The first-order chi connectivity index (χ1) is 12.5. The SMILES string of the molecule is [B]c1cnn2c(NCc3nc4cc(C)c(C)cc4n3C)nc(NC)nc12. The van der Waals surface area contributed by atoms with Crippen LogP contribution < -0.4 is 16.1 Å². The molecule has 4 rings (SSSR count). The predicted molar refractivity (Wildman–Crippen MR) is 103 cm³/mol. The van der Waals surface area contributed by atoms with Crippen molar-refractivity contribution in [2.45, 2.75) is 20.4 Å². The van der Waals surface area contributed by atoms with Gasteiger partial charge in [-0.3, -0.25) is 0 Å². The number of imidazole rings is 1. The first kappa shape index (κ1) is 16.4. The maximum Gasteiger partial charge on any atom is 0.229 e. The Morgan fingerprint density at radius 2 is 1.88 bits per heavy atom. The van der Waals surface area contributed by atoms with E-state index in [1.54, 1.807) is 17.8 Å². The van der Waals surface area contributed by atoms with E-state index in [2.05, 4.69) is 56.2 Å². The molecule has 0 saturated carbocycles. The maximum absolute atomic E-state index is 5.93. The third-order valence-electron chi connectivity index (χ3n) is 4.61. The van der Waals surface area contributed by atoms with Gasteiger partial charge in [0.05, 0.1) is 17.6 Å². The number of nitrogens with zero attached hydrogens (tertiary/aromatic N) is 6. The molecule has 0 saturated heterocycles. The average Bonchev–Trinajstić information content (AvgIpc) is 3.14. The molecule has 2 N–H and O–H groups in total. The zero-order valence-electron chi connectivity index (χ0n) is 15.2. The van der Waals surface area contributed by atoms with Crippen LogP contribution in [0.4, 0.5) is 11.9 Å². The van der Waals surface area contributed by atoms with Crippen LogP contribution in [0.1, 0.15) is 17.0 Å². The number of anilines is 2. The molecule has 8 nitrogen and oxygen atoms in total. The van der Waals surface area contributed by atoms with Crippen LogP contribution in [0.3, 0.4) is 0 Å². The Hall–Kier alpha value is -3.10. The number of aromatic nitrogens is 6. The molecule has 9 heteroatoms. The summed E-state index contributed by atoms with van der Waals surface area (Å²) in [4.78, 5) is 13.5. The number of hydrogen-bond donors (Lipinski definition) is 2. The summed E-state index contributed by atoms with van der Waals surface area (Å²) in [5, 5.41) is 10.5. The summed E-state index contributed by atoms with van der Waals surface area (Å²) in [5.41, 5.74) is 5.64. The van der Waals surface area contributed by atoms with Crippen LogP contribution in [-0.4, -0.2) is 44.0 Å². The molecule has 0 unspecified atom stereocenters. The lowest BCUT2D eigenvalue weighted by atomic mass is 10.0. The van der Waals surface area contributed by atoms with Gasteiger partial charge in [0.2, 0.25) is 11.9 Å². The fraction of sp³-hybridized carbons (Fsp3) is 0.294. The van der Waals surface area contributed by atoms with E-state index < -0.39 is 0 Å². The molecule has 26 heavy (non-hydrogen) atoms. The summed E-state index contributed by atoms with van der Waals surface area (Å²) in [6.45, 7) is 4.71. The summed E-state index contributed by atoms with van der Waals surface area (Å²) in [7, 11) is 9.71. The molecule has 1 aromatic carbocycles. The summed E-state index contributed by atoms with van der Waals surface area (Å²) >= 11 is 0. The molecule has 0 aliphatic rings. The highest BCUT2D eigenvalue weighted by Crippen LogP contribution is 2.20. The number of hydrogen-bond acceptors (Lipinski definition) is 6. The summed E-state index contributed by atoms with van der Waals surface area (Å²) < 4.78 is 3.68. The van der Waals surface area contributed by atoms with E-state index in [9.17, 15) is 0 Å². The molecule has 3 aromatic heterocycles. The van der Waals surface area contributed by atoms with E-state index in [1.807, 2.05) is 7.05 Å². The van der Waals surface area contributed by atoms with Crippen LogP contribution in [0.15, 0.2) is 18.3 Å². The van der Waals surface area contributed by atoms with Crippen molar-refractivity contribution in [3.05, 3.63) is 35.3 Å². The van der Waals surface area contributed by atoms with Gasteiger partial charge in [0.1, 0.15) is 13.7 Å². The van der Waals surface area contributed by atoms with Crippen molar-refractivity contribution in [1.29, 1.82) is 0 Å². The van der Waals surface area contributed by atoms with Gasteiger partial charge in [0, 0.05) is 20.3 Å². The van der Waals surface area contributed by atoms with Crippen LogP contribution in [-0.2, 0) is 13.6 Å². The Bertz CT molecular complexity index is 1130. The number of benzene rings is 1. The van der Waals surface area contributed by atoms with Gasteiger partial charge >= 0.3 is 0 Å². The molecule has 2 radical (unpaired) electrons. The molecule has 0 atom stereocenters. The Labute approximate surface area is 152 Å². The number of rotatable bonds is 4. The van der Waals surface area contributed by atoms with Crippen LogP contribution in [0, 0.1) is 13.8 Å². The third kappa shape index (κ3) is 2.56. The molecule has 4 aromatic rings. The van der Waals surface area contributed by atoms with Crippen molar-refractivity contribution < 1.29 is 0 Å². The van der Waals surface area contributed by atoms with Gasteiger partial charge < -0.3 is 15.2 Å². The Kier molecular flexibility index (Phi) is 3.79. The Balaban J connectivity index is 1.70. The van der Waals surface area contributed by atoms with E-state index in [0.29, 0.717) is 29.6 Å². The van der Waals surface area contributed by atoms with Crippen LogP contribution in [0.25, 0.3) is 16.7 Å². The van der Waals surface area contributed by atoms with Crippen molar-refractivity contribution >= 4 is 41.9 Å². The summed E-state index contributed by atoms with van der Waals surface area (Å²) in [6.07, 6.45) is 1.56. The standard InChI is InChI=1S/C17H19BN8/c1-9-5-12-13(6-10(9)2)25(4)14(22-12)8-20-17-24-16(19-3)23-15-11(18)7-21-26(15)17/h5-7H,8H2,1-4H3,(H2,19,20,23,24). The minimum absolute atomic E-state index is 0.475. The highest BCUT2D eigenvalue weighted by Gasteiger charge is 2.13. The number of nitrogens with one attached hydrogen (secondary N) is 2. The molecule has 0 spiro atoms. The van der Waals surface area contributed by atoms with E-state index in [0.717, 1.165) is 16.9 Å². The van der Waals surface area contributed by atoms with E-state index in [-0.39, 0.29) is 0 Å². The van der Waals surface area contributed by atoms with Gasteiger partial charge in [-0.25, -0.2) is 4.98 Å². The van der Waals surface area contributed by atoms with Gasteiger partial charge in [-0.15, -0.1) is 0 Å². The molecule has 0 aliphatic carbocycles.